The van der Waals surface area contributed by atoms with E-state index in [4.69, 9.17) is 0 Å². The SMILES string of the molecule is CC(C)c1nccn1C(C)(C(=O)O)C1CC1. The first-order valence-corrected chi connectivity index (χ1v) is 5.75. The van der Waals surface area contributed by atoms with Crippen LogP contribution in [0.4, 0.5) is 0 Å². The molecule has 1 saturated carbocycles. The summed E-state index contributed by atoms with van der Waals surface area (Å²) in [7, 11) is 0. The highest BCUT2D eigenvalue weighted by atomic mass is 16.4. The predicted octanol–water partition coefficient (Wildman–Crippen LogP) is 2.22. The van der Waals surface area contributed by atoms with Gasteiger partial charge >= 0.3 is 5.97 Å². The number of hydrogen-bond donors (Lipinski definition) is 1. The predicted molar refractivity (Wildman–Crippen MR) is 60.3 cm³/mol. The summed E-state index contributed by atoms with van der Waals surface area (Å²) in [6.45, 7) is 5.88. The van der Waals surface area contributed by atoms with Gasteiger partial charge in [0.1, 0.15) is 11.4 Å². The van der Waals surface area contributed by atoms with E-state index in [1.165, 1.54) is 0 Å². The summed E-state index contributed by atoms with van der Waals surface area (Å²) < 4.78 is 1.84. The first-order chi connectivity index (χ1) is 7.48. The fourth-order valence-electron chi connectivity index (χ4n) is 2.25. The van der Waals surface area contributed by atoms with Crippen molar-refractivity contribution in [2.24, 2.45) is 5.92 Å². The fraction of sp³-hybridized carbons (Fsp3) is 0.667. The van der Waals surface area contributed by atoms with Crippen LogP contribution >= 0.6 is 0 Å². The summed E-state index contributed by atoms with van der Waals surface area (Å²) in [6, 6.07) is 0. The summed E-state index contributed by atoms with van der Waals surface area (Å²) >= 11 is 0. The lowest BCUT2D eigenvalue weighted by atomic mass is 9.94. The molecule has 2 rings (SSSR count). The Bertz CT molecular complexity index is 407. The lowest BCUT2D eigenvalue weighted by molar-refractivity contribution is -0.148. The van der Waals surface area contributed by atoms with Crippen LogP contribution in [-0.4, -0.2) is 20.6 Å². The highest BCUT2D eigenvalue weighted by Crippen LogP contribution is 2.45. The highest BCUT2D eigenvalue weighted by Gasteiger charge is 2.49. The Kier molecular flexibility index (Phi) is 2.52. The maximum Gasteiger partial charge on any atom is 0.329 e. The van der Waals surface area contributed by atoms with Gasteiger partial charge in [-0.2, -0.15) is 0 Å². The third-order valence-electron chi connectivity index (χ3n) is 3.49. The maximum absolute atomic E-state index is 11.5. The highest BCUT2D eigenvalue weighted by molar-refractivity contribution is 5.77. The van der Waals surface area contributed by atoms with Crippen molar-refractivity contribution in [1.29, 1.82) is 0 Å². The molecule has 0 spiro atoms. The first kappa shape index (κ1) is 11.2. The smallest absolute Gasteiger partial charge is 0.329 e. The Labute approximate surface area is 95.3 Å². The topological polar surface area (TPSA) is 55.1 Å². The van der Waals surface area contributed by atoms with Gasteiger partial charge in [-0.05, 0) is 25.7 Å². The molecular weight excluding hydrogens is 204 g/mol. The van der Waals surface area contributed by atoms with E-state index in [1.54, 1.807) is 19.3 Å². The summed E-state index contributed by atoms with van der Waals surface area (Å²) in [5, 5.41) is 9.47. The quantitative estimate of drug-likeness (QED) is 0.849. The second kappa shape index (κ2) is 3.61. The van der Waals surface area contributed by atoms with Crippen LogP contribution in [0.25, 0.3) is 0 Å². The van der Waals surface area contributed by atoms with Gasteiger partial charge < -0.3 is 9.67 Å². The van der Waals surface area contributed by atoms with Gasteiger partial charge in [0.05, 0.1) is 0 Å². The number of imidazole rings is 1. The molecule has 1 atom stereocenters. The molecule has 16 heavy (non-hydrogen) atoms. The van der Waals surface area contributed by atoms with Crippen LogP contribution in [-0.2, 0) is 10.3 Å². The van der Waals surface area contributed by atoms with Crippen LogP contribution in [0.5, 0.6) is 0 Å². The zero-order valence-corrected chi connectivity index (χ0v) is 9.97. The van der Waals surface area contributed by atoms with Gasteiger partial charge in [-0.15, -0.1) is 0 Å². The van der Waals surface area contributed by atoms with Crippen molar-refractivity contribution in [3.8, 4) is 0 Å². The second-order valence-corrected chi connectivity index (χ2v) is 5.04. The Morgan fingerprint density at radius 1 is 1.62 bits per heavy atom. The summed E-state index contributed by atoms with van der Waals surface area (Å²) in [5.74, 6) is 0.593. The van der Waals surface area contributed by atoms with Crippen molar-refractivity contribution in [2.75, 3.05) is 0 Å². The number of carboxylic acids is 1. The van der Waals surface area contributed by atoms with Crippen LogP contribution in [0.15, 0.2) is 12.4 Å². The average Bonchev–Trinajstić information content (AvgIpc) is 2.93. The monoisotopic (exact) mass is 222 g/mol. The fourth-order valence-corrected chi connectivity index (χ4v) is 2.25. The zero-order valence-electron chi connectivity index (χ0n) is 9.97. The summed E-state index contributed by atoms with van der Waals surface area (Å²) in [4.78, 5) is 15.8. The van der Waals surface area contributed by atoms with Gasteiger partial charge in [-0.25, -0.2) is 9.78 Å². The molecule has 0 aromatic carbocycles. The molecule has 1 heterocycles. The lowest BCUT2D eigenvalue weighted by Crippen LogP contribution is -2.42. The number of nitrogens with zero attached hydrogens (tertiary/aromatic N) is 2. The zero-order chi connectivity index (χ0) is 11.9. The van der Waals surface area contributed by atoms with Gasteiger partial charge in [0.2, 0.25) is 0 Å². The molecule has 1 aliphatic carbocycles. The van der Waals surface area contributed by atoms with E-state index in [9.17, 15) is 9.90 Å². The number of aromatic nitrogens is 2. The molecule has 1 aromatic heterocycles. The Morgan fingerprint density at radius 2 is 2.25 bits per heavy atom. The second-order valence-electron chi connectivity index (χ2n) is 5.04. The molecule has 1 aromatic rings. The molecule has 1 unspecified atom stereocenters. The minimum Gasteiger partial charge on any atom is -0.479 e. The maximum atomic E-state index is 11.5. The number of hydrogen-bond acceptors (Lipinski definition) is 2. The number of rotatable bonds is 4. The van der Waals surface area contributed by atoms with E-state index in [-0.39, 0.29) is 11.8 Å². The van der Waals surface area contributed by atoms with Crippen molar-refractivity contribution < 1.29 is 9.90 Å². The standard InChI is InChI=1S/C12H18N2O2/c1-8(2)10-13-6-7-14(10)12(3,11(15)16)9-4-5-9/h6-9H,4-5H2,1-3H3,(H,15,16). The van der Waals surface area contributed by atoms with Gasteiger partial charge in [-0.1, -0.05) is 13.8 Å². The Balaban J connectivity index is 2.47. The van der Waals surface area contributed by atoms with E-state index >= 15 is 0 Å². The van der Waals surface area contributed by atoms with Crippen molar-refractivity contribution in [3.05, 3.63) is 18.2 Å². The van der Waals surface area contributed by atoms with Crippen LogP contribution in [0.2, 0.25) is 0 Å². The third kappa shape index (κ3) is 1.52. The van der Waals surface area contributed by atoms with Crippen molar-refractivity contribution in [3.63, 3.8) is 0 Å². The van der Waals surface area contributed by atoms with Crippen molar-refractivity contribution in [1.82, 2.24) is 9.55 Å². The van der Waals surface area contributed by atoms with Crippen LogP contribution in [0, 0.1) is 5.92 Å². The number of carbonyl (C=O) groups is 1. The molecule has 4 nitrogen and oxygen atoms in total. The Morgan fingerprint density at radius 3 is 2.69 bits per heavy atom. The van der Waals surface area contributed by atoms with Gasteiger partial charge in [-0.3, -0.25) is 0 Å². The summed E-state index contributed by atoms with van der Waals surface area (Å²) in [5.41, 5.74) is -0.823. The van der Waals surface area contributed by atoms with Gasteiger partial charge in [0, 0.05) is 18.3 Å². The molecular formula is C12H18N2O2. The van der Waals surface area contributed by atoms with E-state index < -0.39 is 11.5 Å². The van der Waals surface area contributed by atoms with Crippen LogP contribution in [0.1, 0.15) is 45.4 Å². The van der Waals surface area contributed by atoms with E-state index in [0.717, 1.165) is 18.7 Å². The molecule has 0 saturated heterocycles. The third-order valence-corrected chi connectivity index (χ3v) is 3.49. The summed E-state index contributed by atoms with van der Waals surface area (Å²) in [6.07, 6.45) is 5.48. The minimum atomic E-state index is -0.823. The Hall–Kier alpha value is -1.32. The lowest BCUT2D eigenvalue weighted by Gasteiger charge is -2.29. The molecule has 0 aliphatic heterocycles. The van der Waals surface area contributed by atoms with Crippen molar-refractivity contribution >= 4 is 5.97 Å². The molecule has 1 N–H and O–H groups in total. The molecule has 88 valence electrons. The normalized spacial score (nSPS) is 19.8. The largest absolute Gasteiger partial charge is 0.479 e. The molecule has 0 radical (unpaired) electrons. The van der Waals surface area contributed by atoms with E-state index in [2.05, 4.69) is 4.98 Å². The molecule has 0 bridgehead atoms. The van der Waals surface area contributed by atoms with Crippen molar-refractivity contribution in [2.45, 2.75) is 45.1 Å². The molecule has 1 aliphatic rings. The molecule has 0 amide bonds. The number of aliphatic carboxylic acids is 1. The van der Waals surface area contributed by atoms with Gasteiger partial charge in [0.15, 0.2) is 0 Å². The van der Waals surface area contributed by atoms with E-state index in [0.29, 0.717) is 0 Å². The minimum absolute atomic E-state index is 0.243. The number of carboxylic acid groups (broad SMARTS) is 1. The van der Waals surface area contributed by atoms with Gasteiger partial charge in [0.25, 0.3) is 0 Å². The van der Waals surface area contributed by atoms with Crippen LogP contribution in [0.3, 0.4) is 0 Å². The molecule has 1 fully saturated rings. The van der Waals surface area contributed by atoms with Crippen LogP contribution < -0.4 is 0 Å². The van der Waals surface area contributed by atoms with E-state index in [1.807, 2.05) is 18.4 Å². The molecule has 4 heteroatoms. The average molecular weight is 222 g/mol. The first-order valence-electron chi connectivity index (χ1n) is 5.75.